The van der Waals surface area contributed by atoms with E-state index in [0.717, 1.165) is 0 Å². The Hall–Kier alpha value is -1.87. The SMILES string of the molecule is CCCSC1=C(C)/C(=C(\c2c(C)cc(C)cc2C)c2c(C)cc(C)n2C)NC1C. The molecule has 2 aromatic rings. The first-order chi connectivity index (χ1) is 13.7. The van der Waals surface area contributed by atoms with Gasteiger partial charge in [0, 0.05) is 28.9 Å². The van der Waals surface area contributed by atoms with Crippen molar-refractivity contribution in [1.82, 2.24) is 9.88 Å². The van der Waals surface area contributed by atoms with Gasteiger partial charge in [-0.25, -0.2) is 0 Å². The summed E-state index contributed by atoms with van der Waals surface area (Å²) >= 11 is 2.01. The molecule has 3 rings (SSSR count). The predicted octanol–water partition coefficient (Wildman–Crippen LogP) is 6.74. The van der Waals surface area contributed by atoms with E-state index in [4.69, 9.17) is 0 Å². The quantitative estimate of drug-likeness (QED) is 0.590. The number of hydrogen-bond donors (Lipinski definition) is 1. The maximum Gasteiger partial charge on any atom is 0.0548 e. The lowest BCUT2D eigenvalue weighted by molar-refractivity contribution is 0.767. The van der Waals surface area contributed by atoms with E-state index in [2.05, 4.69) is 90.5 Å². The van der Waals surface area contributed by atoms with Crippen LogP contribution in [0.5, 0.6) is 0 Å². The Morgan fingerprint density at radius 3 is 2.14 bits per heavy atom. The third-order valence-corrected chi connectivity index (χ3v) is 7.62. The first-order valence-electron chi connectivity index (χ1n) is 10.7. The van der Waals surface area contributed by atoms with Crippen molar-refractivity contribution in [2.75, 3.05) is 5.75 Å². The van der Waals surface area contributed by atoms with E-state index in [1.54, 1.807) is 0 Å². The van der Waals surface area contributed by atoms with Crippen LogP contribution in [-0.2, 0) is 7.05 Å². The normalized spacial score (nSPS) is 18.4. The molecular weight excluding hydrogens is 372 g/mol. The zero-order valence-electron chi connectivity index (χ0n) is 19.6. The van der Waals surface area contributed by atoms with Crippen LogP contribution in [0.1, 0.15) is 66.4 Å². The number of nitrogens with zero attached hydrogens (tertiary/aromatic N) is 1. The van der Waals surface area contributed by atoms with Crippen LogP contribution in [0.3, 0.4) is 0 Å². The van der Waals surface area contributed by atoms with Gasteiger partial charge in [-0.15, -0.1) is 11.8 Å². The Morgan fingerprint density at radius 1 is 1.00 bits per heavy atom. The molecule has 1 aliphatic rings. The molecule has 1 aromatic carbocycles. The van der Waals surface area contributed by atoms with E-state index in [9.17, 15) is 0 Å². The standard InChI is InChI=1S/C26H36N2S/c1-10-11-29-26-20(7)24(27-21(26)8)23(25-18(5)14-19(6)28(25)9)22-16(3)12-15(2)13-17(22)4/h12-14,21,27H,10-11H2,1-9H3/b24-23-. The van der Waals surface area contributed by atoms with Crippen molar-refractivity contribution in [3.8, 4) is 0 Å². The van der Waals surface area contributed by atoms with Crippen LogP contribution in [0.4, 0.5) is 0 Å². The molecular formula is C26H36N2S. The number of allylic oxidation sites excluding steroid dienone is 1. The zero-order valence-corrected chi connectivity index (χ0v) is 20.4. The lowest BCUT2D eigenvalue weighted by Crippen LogP contribution is -2.21. The number of rotatable bonds is 5. The molecule has 3 heteroatoms. The molecule has 1 N–H and O–H groups in total. The van der Waals surface area contributed by atoms with E-state index in [0.29, 0.717) is 6.04 Å². The molecule has 156 valence electrons. The Morgan fingerprint density at radius 2 is 1.62 bits per heavy atom. The van der Waals surface area contributed by atoms with E-state index < -0.39 is 0 Å². The molecule has 0 aliphatic carbocycles. The smallest absolute Gasteiger partial charge is 0.0548 e. The van der Waals surface area contributed by atoms with Gasteiger partial charge in [0.05, 0.1) is 11.7 Å². The second kappa shape index (κ2) is 8.47. The Bertz CT molecular complexity index is 981. The molecule has 0 saturated heterocycles. The van der Waals surface area contributed by atoms with Crippen molar-refractivity contribution in [3.63, 3.8) is 0 Å². The summed E-state index contributed by atoms with van der Waals surface area (Å²) in [7, 11) is 2.20. The fourth-order valence-electron chi connectivity index (χ4n) is 4.76. The third kappa shape index (κ3) is 3.94. The highest BCUT2D eigenvalue weighted by molar-refractivity contribution is 8.03. The monoisotopic (exact) mass is 408 g/mol. The topological polar surface area (TPSA) is 17.0 Å². The summed E-state index contributed by atoms with van der Waals surface area (Å²) in [5.41, 5.74) is 13.4. The van der Waals surface area contributed by atoms with Gasteiger partial charge in [-0.2, -0.15) is 0 Å². The molecule has 1 unspecified atom stereocenters. The van der Waals surface area contributed by atoms with E-state index in [1.165, 1.54) is 73.1 Å². The molecule has 0 spiro atoms. The minimum absolute atomic E-state index is 0.365. The van der Waals surface area contributed by atoms with Gasteiger partial charge in [0.2, 0.25) is 0 Å². The highest BCUT2D eigenvalue weighted by Crippen LogP contribution is 2.41. The van der Waals surface area contributed by atoms with Gasteiger partial charge in [-0.05, 0) is 94.5 Å². The first-order valence-corrected chi connectivity index (χ1v) is 11.7. The Labute approximate surface area is 181 Å². The number of aromatic nitrogens is 1. The largest absolute Gasteiger partial charge is 0.377 e. The van der Waals surface area contributed by atoms with Crippen molar-refractivity contribution in [2.24, 2.45) is 7.05 Å². The van der Waals surface area contributed by atoms with Gasteiger partial charge in [-0.3, -0.25) is 0 Å². The average Bonchev–Trinajstić information content (AvgIpc) is 3.05. The fraction of sp³-hybridized carbons (Fsp3) is 0.462. The summed E-state index contributed by atoms with van der Waals surface area (Å²) in [6.45, 7) is 18.0. The van der Waals surface area contributed by atoms with Gasteiger partial charge in [0.15, 0.2) is 0 Å². The lowest BCUT2D eigenvalue weighted by atomic mass is 9.88. The molecule has 2 heterocycles. The maximum absolute atomic E-state index is 3.86. The summed E-state index contributed by atoms with van der Waals surface area (Å²) in [5, 5.41) is 3.86. The molecule has 2 nitrogen and oxygen atoms in total. The summed E-state index contributed by atoms with van der Waals surface area (Å²) in [4.78, 5) is 1.49. The molecule has 1 aromatic heterocycles. The van der Waals surface area contributed by atoms with Crippen LogP contribution >= 0.6 is 11.8 Å². The van der Waals surface area contributed by atoms with E-state index in [1.807, 2.05) is 11.8 Å². The Kier molecular flexibility index (Phi) is 6.38. The van der Waals surface area contributed by atoms with E-state index in [-0.39, 0.29) is 0 Å². The average molecular weight is 409 g/mol. The number of aryl methyl sites for hydroxylation is 5. The summed E-state index contributed by atoms with van der Waals surface area (Å²) in [5.74, 6) is 1.17. The predicted molar refractivity (Wildman–Crippen MR) is 130 cm³/mol. The molecule has 0 radical (unpaired) electrons. The number of nitrogens with one attached hydrogen (secondary N) is 1. The number of hydrogen-bond acceptors (Lipinski definition) is 2. The lowest BCUT2D eigenvalue weighted by Gasteiger charge is -2.21. The van der Waals surface area contributed by atoms with Gasteiger partial charge in [0.25, 0.3) is 0 Å². The van der Waals surface area contributed by atoms with Crippen LogP contribution in [-0.4, -0.2) is 16.4 Å². The van der Waals surface area contributed by atoms with Crippen molar-refractivity contribution in [1.29, 1.82) is 0 Å². The number of thioether (sulfide) groups is 1. The second-order valence-electron chi connectivity index (χ2n) is 8.60. The molecule has 29 heavy (non-hydrogen) atoms. The zero-order chi connectivity index (χ0) is 21.5. The minimum atomic E-state index is 0.365. The van der Waals surface area contributed by atoms with Crippen LogP contribution in [0.15, 0.2) is 34.4 Å². The highest BCUT2D eigenvalue weighted by atomic mass is 32.2. The van der Waals surface area contributed by atoms with Gasteiger partial charge in [-0.1, -0.05) is 24.6 Å². The van der Waals surface area contributed by atoms with Crippen molar-refractivity contribution in [3.05, 3.63) is 73.6 Å². The molecule has 0 amide bonds. The summed E-state index contributed by atoms with van der Waals surface area (Å²) in [6.07, 6.45) is 1.20. The van der Waals surface area contributed by atoms with Crippen molar-refractivity contribution in [2.45, 2.75) is 67.9 Å². The van der Waals surface area contributed by atoms with Gasteiger partial charge >= 0.3 is 0 Å². The minimum Gasteiger partial charge on any atom is -0.377 e. The van der Waals surface area contributed by atoms with Crippen LogP contribution < -0.4 is 5.32 Å². The molecule has 0 bridgehead atoms. The second-order valence-corrected chi connectivity index (χ2v) is 9.74. The number of benzene rings is 1. The van der Waals surface area contributed by atoms with Crippen LogP contribution in [0, 0.1) is 34.6 Å². The van der Waals surface area contributed by atoms with Gasteiger partial charge in [0.1, 0.15) is 0 Å². The summed E-state index contributed by atoms with van der Waals surface area (Å²) < 4.78 is 2.35. The van der Waals surface area contributed by atoms with E-state index >= 15 is 0 Å². The molecule has 1 aliphatic heterocycles. The van der Waals surface area contributed by atoms with Crippen molar-refractivity contribution >= 4 is 17.3 Å². The fourth-order valence-corrected chi connectivity index (χ4v) is 5.82. The molecule has 0 fully saturated rings. The van der Waals surface area contributed by atoms with Crippen molar-refractivity contribution < 1.29 is 0 Å². The molecule has 1 atom stereocenters. The highest BCUT2D eigenvalue weighted by Gasteiger charge is 2.29. The van der Waals surface area contributed by atoms with Gasteiger partial charge < -0.3 is 9.88 Å². The molecule has 0 saturated carbocycles. The first kappa shape index (κ1) is 21.8. The third-order valence-electron chi connectivity index (χ3n) is 6.04. The maximum atomic E-state index is 3.86. The van der Waals surface area contributed by atoms with Crippen LogP contribution in [0.2, 0.25) is 0 Å². The summed E-state index contributed by atoms with van der Waals surface area (Å²) in [6, 6.07) is 7.30. The Balaban J connectivity index is 2.37. The van der Waals surface area contributed by atoms with Crippen LogP contribution in [0.25, 0.3) is 5.57 Å².